The average Bonchev–Trinajstić information content (AvgIpc) is 2.36. The fraction of sp³-hybridized carbons (Fsp3) is 0.727. The summed E-state index contributed by atoms with van der Waals surface area (Å²) in [6, 6.07) is 0. The first kappa shape index (κ1) is 11.4. The molecule has 0 unspecified atom stereocenters. The Hall–Kier alpha value is -1.07. The van der Waals surface area contributed by atoms with Gasteiger partial charge in [-0.2, -0.15) is 0 Å². The van der Waals surface area contributed by atoms with E-state index in [4.69, 9.17) is 18.9 Å². The molecule has 0 aromatic carbocycles. The zero-order chi connectivity index (χ0) is 11.8. The molecule has 3 atom stereocenters. The fourth-order valence-corrected chi connectivity index (χ4v) is 1.95. The predicted octanol–water partition coefficient (Wildman–Crippen LogP) is 0.982. The van der Waals surface area contributed by atoms with Crippen LogP contribution in [0.25, 0.3) is 0 Å². The van der Waals surface area contributed by atoms with E-state index in [1.807, 2.05) is 13.8 Å². The van der Waals surface area contributed by atoms with Crippen LogP contribution in [0, 0.1) is 0 Å². The van der Waals surface area contributed by atoms with Crippen molar-refractivity contribution < 1.29 is 23.7 Å². The van der Waals surface area contributed by atoms with Crippen molar-refractivity contribution >= 4 is 5.97 Å². The van der Waals surface area contributed by atoms with E-state index in [9.17, 15) is 4.79 Å². The number of rotatable bonds is 1. The third-order valence-corrected chi connectivity index (χ3v) is 2.47. The van der Waals surface area contributed by atoms with Crippen molar-refractivity contribution in [1.82, 2.24) is 0 Å². The van der Waals surface area contributed by atoms with Gasteiger partial charge in [-0.15, -0.1) is 0 Å². The molecular weight excluding hydrogens is 212 g/mol. The molecule has 90 valence electrons. The summed E-state index contributed by atoms with van der Waals surface area (Å²) in [5, 5.41) is 0. The van der Waals surface area contributed by atoms with Crippen LogP contribution >= 0.6 is 0 Å². The quantitative estimate of drug-likeness (QED) is 0.626. The summed E-state index contributed by atoms with van der Waals surface area (Å²) in [5.74, 6) is -1.00. The van der Waals surface area contributed by atoms with Crippen molar-refractivity contribution in [3.05, 3.63) is 12.3 Å². The Bertz CT molecular complexity index is 309. The molecule has 0 spiro atoms. The minimum Gasteiger partial charge on any atom is -0.497 e. The number of esters is 1. The SMILES string of the molecule is CC(=O)O[C@H]1COC=C[C@@H]2OC(C)(C)O[C@H]21. The normalized spacial score (nSPS) is 36.1. The van der Waals surface area contributed by atoms with Crippen LogP contribution in [-0.4, -0.2) is 36.7 Å². The molecule has 5 heteroatoms. The zero-order valence-electron chi connectivity index (χ0n) is 9.64. The maximum absolute atomic E-state index is 11.0. The predicted molar refractivity (Wildman–Crippen MR) is 54.5 cm³/mol. The van der Waals surface area contributed by atoms with Crippen LogP contribution in [0.5, 0.6) is 0 Å². The number of fused-ring (bicyclic) bond motifs is 1. The molecule has 2 rings (SSSR count). The molecule has 1 fully saturated rings. The van der Waals surface area contributed by atoms with Gasteiger partial charge in [0.25, 0.3) is 0 Å². The summed E-state index contributed by atoms with van der Waals surface area (Å²) in [7, 11) is 0. The van der Waals surface area contributed by atoms with Crippen LogP contribution in [0.4, 0.5) is 0 Å². The lowest BCUT2D eigenvalue weighted by Crippen LogP contribution is -2.39. The average molecular weight is 228 g/mol. The molecule has 0 amide bonds. The standard InChI is InChI=1S/C11H16O5/c1-7(12)14-9-6-13-5-4-8-10(9)16-11(2,3)15-8/h4-5,8-10H,6H2,1-3H3/t8-,9-,10+/m0/s1. The molecule has 2 heterocycles. The molecule has 0 saturated carbocycles. The summed E-state index contributed by atoms with van der Waals surface area (Å²) in [6.07, 6.45) is 2.37. The second-order valence-corrected chi connectivity index (χ2v) is 4.37. The molecule has 16 heavy (non-hydrogen) atoms. The maximum Gasteiger partial charge on any atom is 0.303 e. The zero-order valence-corrected chi connectivity index (χ0v) is 9.64. The van der Waals surface area contributed by atoms with E-state index >= 15 is 0 Å². The van der Waals surface area contributed by atoms with Gasteiger partial charge in [0.15, 0.2) is 11.9 Å². The van der Waals surface area contributed by atoms with Gasteiger partial charge in [0.1, 0.15) is 18.8 Å². The lowest BCUT2D eigenvalue weighted by atomic mass is 10.1. The summed E-state index contributed by atoms with van der Waals surface area (Å²) in [4.78, 5) is 11.0. The van der Waals surface area contributed by atoms with Crippen LogP contribution in [0.3, 0.4) is 0 Å². The van der Waals surface area contributed by atoms with E-state index in [1.165, 1.54) is 6.92 Å². The van der Waals surface area contributed by atoms with Crippen molar-refractivity contribution in [3.63, 3.8) is 0 Å². The molecule has 2 aliphatic rings. The highest BCUT2D eigenvalue weighted by atomic mass is 16.8. The smallest absolute Gasteiger partial charge is 0.303 e. The van der Waals surface area contributed by atoms with E-state index in [-0.39, 0.29) is 24.8 Å². The lowest BCUT2D eigenvalue weighted by Gasteiger charge is -2.23. The molecule has 0 aromatic rings. The second-order valence-electron chi connectivity index (χ2n) is 4.37. The first-order valence-electron chi connectivity index (χ1n) is 5.29. The molecule has 0 N–H and O–H groups in total. The van der Waals surface area contributed by atoms with Crippen molar-refractivity contribution in [1.29, 1.82) is 0 Å². The molecule has 0 aliphatic carbocycles. The highest BCUT2D eigenvalue weighted by Crippen LogP contribution is 2.32. The van der Waals surface area contributed by atoms with Gasteiger partial charge in [-0.1, -0.05) is 0 Å². The number of carbonyl (C=O) groups excluding carboxylic acids is 1. The molecule has 0 bridgehead atoms. The first-order chi connectivity index (χ1) is 7.48. The van der Waals surface area contributed by atoms with Gasteiger partial charge in [0.05, 0.1) is 6.26 Å². The number of ether oxygens (including phenoxy) is 4. The van der Waals surface area contributed by atoms with Crippen LogP contribution < -0.4 is 0 Å². The van der Waals surface area contributed by atoms with Gasteiger partial charge >= 0.3 is 5.97 Å². The minimum absolute atomic E-state index is 0.234. The lowest BCUT2D eigenvalue weighted by molar-refractivity contribution is -0.173. The topological polar surface area (TPSA) is 54.0 Å². The van der Waals surface area contributed by atoms with Crippen LogP contribution in [0.1, 0.15) is 20.8 Å². The van der Waals surface area contributed by atoms with E-state index in [2.05, 4.69) is 0 Å². The number of hydrogen-bond acceptors (Lipinski definition) is 5. The fourth-order valence-electron chi connectivity index (χ4n) is 1.95. The van der Waals surface area contributed by atoms with Crippen LogP contribution in [-0.2, 0) is 23.7 Å². The Labute approximate surface area is 94.3 Å². The van der Waals surface area contributed by atoms with Gasteiger partial charge in [0, 0.05) is 6.92 Å². The molecule has 2 aliphatic heterocycles. The summed E-state index contributed by atoms with van der Waals surface area (Å²) >= 11 is 0. The monoisotopic (exact) mass is 228 g/mol. The van der Waals surface area contributed by atoms with Gasteiger partial charge in [-0.05, 0) is 19.9 Å². The van der Waals surface area contributed by atoms with Crippen molar-refractivity contribution in [2.75, 3.05) is 6.61 Å². The van der Waals surface area contributed by atoms with Gasteiger partial charge in [-0.3, -0.25) is 4.79 Å². The first-order valence-corrected chi connectivity index (χ1v) is 5.29. The highest BCUT2D eigenvalue weighted by Gasteiger charge is 2.46. The molecular formula is C11H16O5. The van der Waals surface area contributed by atoms with Gasteiger partial charge < -0.3 is 18.9 Å². The van der Waals surface area contributed by atoms with Crippen LogP contribution in [0.15, 0.2) is 12.3 Å². The van der Waals surface area contributed by atoms with Crippen molar-refractivity contribution in [3.8, 4) is 0 Å². The highest BCUT2D eigenvalue weighted by molar-refractivity contribution is 5.66. The van der Waals surface area contributed by atoms with Crippen molar-refractivity contribution in [2.24, 2.45) is 0 Å². The Morgan fingerprint density at radius 1 is 1.44 bits per heavy atom. The Balaban J connectivity index is 2.13. The van der Waals surface area contributed by atoms with E-state index in [0.29, 0.717) is 0 Å². The van der Waals surface area contributed by atoms with E-state index in [1.54, 1.807) is 12.3 Å². The summed E-state index contributed by atoms with van der Waals surface area (Å²) < 4.78 is 21.7. The number of carbonyl (C=O) groups is 1. The maximum atomic E-state index is 11.0. The third kappa shape index (κ3) is 2.36. The van der Waals surface area contributed by atoms with E-state index in [0.717, 1.165) is 0 Å². The van der Waals surface area contributed by atoms with E-state index < -0.39 is 11.9 Å². The van der Waals surface area contributed by atoms with Crippen LogP contribution in [0.2, 0.25) is 0 Å². The minimum atomic E-state index is -0.657. The van der Waals surface area contributed by atoms with Gasteiger partial charge in [0.2, 0.25) is 0 Å². The summed E-state index contributed by atoms with van der Waals surface area (Å²) in [5.41, 5.74) is 0. The molecule has 0 aromatic heterocycles. The number of hydrogen-bond donors (Lipinski definition) is 0. The Morgan fingerprint density at radius 2 is 2.19 bits per heavy atom. The summed E-state index contributed by atoms with van der Waals surface area (Å²) in [6.45, 7) is 5.33. The third-order valence-electron chi connectivity index (χ3n) is 2.47. The molecule has 1 saturated heterocycles. The molecule has 0 radical (unpaired) electrons. The molecule has 5 nitrogen and oxygen atoms in total. The van der Waals surface area contributed by atoms with Gasteiger partial charge in [-0.25, -0.2) is 0 Å². The Morgan fingerprint density at radius 3 is 2.88 bits per heavy atom. The largest absolute Gasteiger partial charge is 0.497 e. The Kier molecular flexibility index (Phi) is 2.90. The second kappa shape index (κ2) is 4.07. The van der Waals surface area contributed by atoms with Crippen molar-refractivity contribution in [2.45, 2.75) is 44.9 Å².